The van der Waals surface area contributed by atoms with Crippen LogP contribution in [0.2, 0.25) is 0 Å². The molecule has 0 amide bonds. The van der Waals surface area contributed by atoms with Gasteiger partial charge >= 0.3 is 0 Å². The van der Waals surface area contributed by atoms with E-state index in [1.165, 1.54) is 58.2 Å². The quantitative estimate of drug-likeness (QED) is 0.804. The average molecular weight is 248 g/mol. The summed E-state index contributed by atoms with van der Waals surface area (Å²) < 4.78 is 0. The van der Waals surface area contributed by atoms with Gasteiger partial charge in [-0.05, 0) is 69.2 Å². The number of nitrogens with zero attached hydrogens (tertiary/aromatic N) is 1. The van der Waals surface area contributed by atoms with Crippen molar-refractivity contribution in [3.63, 3.8) is 0 Å². The highest BCUT2D eigenvalue weighted by molar-refractivity contribution is 4.97. The van der Waals surface area contributed by atoms with E-state index < -0.39 is 0 Å². The average Bonchev–Trinajstić information content (AvgIpc) is 2.86. The Morgan fingerprint density at radius 1 is 0.944 bits per heavy atom. The molecule has 2 nitrogen and oxygen atoms in total. The molecule has 0 spiro atoms. The Labute approximate surface area is 111 Å². The number of rotatable bonds is 5. The molecule has 1 heterocycles. The van der Waals surface area contributed by atoms with Gasteiger partial charge in [0.05, 0.1) is 0 Å². The van der Waals surface area contributed by atoms with Crippen molar-refractivity contribution in [1.82, 2.24) is 10.2 Å². The van der Waals surface area contributed by atoms with E-state index in [0.29, 0.717) is 0 Å². The molecule has 0 aromatic rings. The van der Waals surface area contributed by atoms with Gasteiger partial charge in [-0.3, -0.25) is 4.90 Å². The zero-order chi connectivity index (χ0) is 11.9. The van der Waals surface area contributed by atoms with E-state index in [4.69, 9.17) is 0 Å². The van der Waals surface area contributed by atoms with E-state index in [1.54, 1.807) is 12.8 Å². The first-order valence-corrected chi connectivity index (χ1v) is 8.36. The minimum atomic E-state index is 0.808. The fourth-order valence-corrected chi connectivity index (χ4v) is 4.83. The van der Waals surface area contributed by atoms with Gasteiger partial charge in [0.1, 0.15) is 0 Å². The Bertz CT molecular complexity index is 293. The fourth-order valence-electron chi connectivity index (χ4n) is 4.83. The summed E-state index contributed by atoms with van der Waals surface area (Å²) in [6.07, 6.45) is 12.0. The first-order chi connectivity index (χ1) is 8.88. The van der Waals surface area contributed by atoms with Crippen molar-refractivity contribution in [2.24, 2.45) is 17.8 Å². The molecule has 18 heavy (non-hydrogen) atoms. The summed E-state index contributed by atoms with van der Waals surface area (Å²) in [5.74, 6) is 3.22. The third-order valence-electron chi connectivity index (χ3n) is 5.98. The Morgan fingerprint density at radius 2 is 1.89 bits per heavy atom. The van der Waals surface area contributed by atoms with E-state index in [2.05, 4.69) is 10.2 Å². The molecule has 3 saturated carbocycles. The Balaban J connectivity index is 1.40. The van der Waals surface area contributed by atoms with Crippen LogP contribution in [0.4, 0.5) is 0 Å². The van der Waals surface area contributed by atoms with Crippen LogP contribution in [0, 0.1) is 17.8 Å². The van der Waals surface area contributed by atoms with Gasteiger partial charge in [0.25, 0.3) is 0 Å². The summed E-state index contributed by atoms with van der Waals surface area (Å²) >= 11 is 0. The molecule has 4 rings (SSSR count). The van der Waals surface area contributed by atoms with Crippen LogP contribution in [0.25, 0.3) is 0 Å². The maximum atomic E-state index is 3.71. The molecular weight excluding hydrogens is 220 g/mol. The van der Waals surface area contributed by atoms with Crippen molar-refractivity contribution < 1.29 is 0 Å². The molecule has 0 aromatic carbocycles. The van der Waals surface area contributed by atoms with Crippen LogP contribution in [0.15, 0.2) is 0 Å². The lowest BCUT2D eigenvalue weighted by Gasteiger charge is -2.36. The van der Waals surface area contributed by atoms with Gasteiger partial charge in [-0.15, -0.1) is 0 Å². The predicted octanol–water partition coefficient (Wildman–Crippen LogP) is 2.64. The second-order valence-corrected chi connectivity index (χ2v) is 7.43. The number of nitrogens with one attached hydrogen (secondary N) is 1. The highest BCUT2D eigenvalue weighted by Crippen LogP contribution is 2.47. The first kappa shape index (κ1) is 11.7. The van der Waals surface area contributed by atoms with E-state index >= 15 is 0 Å². The van der Waals surface area contributed by atoms with Gasteiger partial charge in [0.2, 0.25) is 0 Å². The standard InChI is InChI=1S/C16H28N2/c1-2-15(17-7-1)11-18(10-12-3-4-12)16-9-13-5-6-14(16)8-13/h12-17H,1-11H2. The summed E-state index contributed by atoms with van der Waals surface area (Å²) in [5, 5.41) is 3.71. The maximum Gasteiger partial charge on any atom is 0.0195 e. The van der Waals surface area contributed by atoms with Gasteiger partial charge in [-0.25, -0.2) is 0 Å². The summed E-state index contributed by atoms with van der Waals surface area (Å²) in [6, 6.07) is 1.77. The lowest BCUT2D eigenvalue weighted by Crippen LogP contribution is -2.46. The topological polar surface area (TPSA) is 15.3 Å². The highest BCUT2D eigenvalue weighted by atomic mass is 15.2. The molecule has 4 unspecified atom stereocenters. The largest absolute Gasteiger partial charge is 0.313 e. The molecule has 1 N–H and O–H groups in total. The second kappa shape index (κ2) is 4.79. The van der Waals surface area contributed by atoms with E-state index in [0.717, 1.165) is 29.8 Å². The van der Waals surface area contributed by atoms with Gasteiger partial charge in [0, 0.05) is 25.2 Å². The molecular formula is C16H28N2. The molecule has 4 aliphatic rings. The van der Waals surface area contributed by atoms with Crippen LogP contribution in [0.3, 0.4) is 0 Å². The van der Waals surface area contributed by atoms with Crippen LogP contribution in [-0.4, -0.2) is 36.6 Å². The molecule has 2 bridgehead atoms. The molecule has 1 saturated heterocycles. The minimum Gasteiger partial charge on any atom is -0.313 e. The maximum absolute atomic E-state index is 3.71. The monoisotopic (exact) mass is 248 g/mol. The van der Waals surface area contributed by atoms with Crippen LogP contribution in [-0.2, 0) is 0 Å². The minimum absolute atomic E-state index is 0.808. The van der Waals surface area contributed by atoms with E-state index in [1.807, 2.05) is 0 Å². The van der Waals surface area contributed by atoms with Crippen molar-refractivity contribution in [3.8, 4) is 0 Å². The van der Waals surface area contributed by atoms with Crippen molar-refractivity contribution in [2.75, 3.05) is 19.6 Å². The summed E-state index contributed by atoms with van der Waals surface area (Å²) in [4.78, 5) is 2.92. The van der Waals surface area contributed by atoms with Crippen LogP contribution in [0.5, 0.6) is 0 Å². The van der Waals surface area contributed by atoms with Crippen molar-refractivity contribution >= 4 is 0 Å². The summed E-state index contributed by atoms with van der Waals surface area (Å²) in [6.45, 7) is 4.04. The van der Waals surface area contributed by atoms with Crippen LogP contribution < -0.4 is 5.32 Å². The molecule has 0 aromatic heterocycles. The lowest BCUT2D eigenvalue weighted by atomic mass is 9.93. The summed E-state index contributed by atoms with van der Waals surface area (Å²) in [5.41, 5.74) is 0. The smallest absolute Gasteiger partial charge is 0.0195 e. The Hall–Kier alpha value is -0.0800. The fraction of sp³-hybridized carbons (Fsp3) is 1.00. The highest BCUT2D eigenvalue weighted by Gasteiger charge is 2.43. The molecule has 2 heteroatoms. The van der Waals surface area contributed by atoms with E-state index in [9.17, 15) is 0 Å². The van der Waals surface area contributed by atoms with Crippen molar-refractivity contribution in [2.45, 2.75) is 63.5 Å². The third-order valence-corrected chi connectivity index (χ3v) is 5.98. The molecule has 0 radical (unpaired) electrons. The van der Waals surface area contributed by atoms with Gasteiger partial charge in [-0.2, -0.15) is 0 Å². The van der Waals surface area contributed by atoms with Gasteiger partial charge < -0.3 is 5.32 Å². The lowest BCUT2D eigenvalue weighted by molar-refractivity contribution is 0.125. The zero-order valence-corrected chi connectivity index (χ0v) is 11.6. The Kier molecular flexibility index (Phi) is 3.12. The predicted molar refractivity (Wildman–Crippen MR) is 74.6 cm³/mol. The Morgan fingerprint density at radius 3 is 2.50 bits per heavy atom. The number of hydrogen-bond donors (Lipinski definition) is 1. The SMILES string of the molecule is C1CNC(CN(CC2CC2)C2CC3CCC2C3)C1. The first-order valence-electron chi connectivity index (χ1n) is 8.36. The zero-order valence-electron chi connectivity index (χ0n) is 11.6. The van der Waals surface area contributed by atoms with Crippen LogP contribution >= 0.6 is 0 Å². The molecule has 102 valence electrons. The molecule has 4 atom stereocenters. The number of fused-ring (bicyclic) bond motifs is 2. The van der Waals surface area contributed by atoms with Crippen molar-refractivity contribution in [3.05, 3.63) is 0 Å². The van der Waals surface area contributed by atoms with Gasteiger partial charge in [-0.1, -0.05) is 6.42 Å². The van der Waals surface area contributed by atoms with Crippen LogP contribution in [0.1, 0.15) is 51.4 Å². The molecule has 3 aliphatic carbocycles. The number of hydrogen-bond acceptors (Lipinski definition) is 2. The van der Waals surface area contributed by atoms with Crippen molar-refractivity contribution in [1.29, 1.82) is 0 Å². The normalized spacial score (nSPS) is 43.2. The molecule has 4 fully saturated rings. The summed E-state index contributed by atoms with van der Waals surface area (Å²) in [7, 11) is 0. The second-order valence-electron chi connectivity index (χ2n) is 7.43. The third kappa shape index (κ3) is 2.34. The molecule has 1 aliphatic heterocycles. The van der Waals surface area contributed by atoms with E-state index in [-0.39, 0.29) is 0 Å². The van der Waals surface area contributed by atoms with Gasteiger partial charge in [0.15, 0.2) is 0 Å².